The summed E-state index contributed by atoms with van der Waals surface area (Å²) in [6, 6.07) is 0. The van der Waals surface area contributed by atoms with E-state index >= 15 is 0 Å². The van der Waals surface area contributed by atoms with E-state index in [1.165, 1.54) is 62.5 Å². The number of rotatable bonds is 10. The number of unbranched alkanes of at least 4 members (excludes halogenated alkanes) is 4. The summed E-state index contributed by atoms with van der Waals surface area (Å²) in [5.74, 6) is 0. The normalized spacial score (nSPS) is 15.0. The summed E-state index contributed by atoms with van der Waals surface area (Å²) in [4.78, 5) is 0. The smallest absolute Gasteiger partial charge is 1.00 e. The fourth-order valence-corrected chi connectivity index (χ4v) is 2.63. The van der Waals surface area contributed by atoms with Gasteiger partial charge in [0.15, 0.2) is 0 Å². The third-order valence-corrected chi connectivity index (χ3v) is 3.83. The van der Waals surface area contributed by atoms with Gasteiger partial charge in [0.1, 0.15) is 0 Å². The minimum absolute atomic E-state index is 0. The fraction of sp³-hybridized carbons (Fsp3) is 0.500. The minimum Gasteiger partial charge on any atom is -1.00 e. The molecule has 23 heavy (non-hydrogen) atoms. The maximum absolute atomic E-state index is 3.38. The molecule has 2 aliphatic carbocycles. The summed E-state index contributed by atoms with van der Waals surface area (Å²) < 4.78 is 0. The van der Waals surface area contributed by atoms with E-state index in [1.807, 2.05) is 0 Å². The predicted octanol–water partition coefficient (Wildman–Crippen LogP) is 0.0479. The predicted molar refractivity (Wildman–Crippen MR) is 87.1 cm³/mol. The molecule has 0 radical (unpaired) electrons. The molecule has 0 nitrogen and oxygen atoms in total. The molecular weight excluding hydrogens is 402 g/mol. The Labute approximate surface area is 174 Å². The Morgan fingerprint density at radius 3 is 1.52 bits per heavy atom. The second-order valence-corrected chi connectivity index (χ2v) is 5.58. The van der Waals surface area contributed by atoms with Crippen LogP contribution < -0.4 is 24.8 Å². The van der Waals surface area contributed by atoms with E-state index in [4.69, 9.17) is 0 Å². The molecule has 0 aliphatic heterocycles. The molecule has 0 saturated heterocycles. The van der Waals surface area contributed by atoms with Gasteiger partial charge in [0.2, 0.25) is 0 Å². The molecule has 0 spiro atoms. The van der Waals surface area contributed by atoms with Gasteiger partial charge >= 0.3 is 26.2 Å². The Kier molecular flexibility index (Phi) is 18.8. The average molecular weight is 429 g/mol. The van der Waals surface area contributed by atoms with Gasteiger partial charge in [-0.1, -0.05) is 37.8 Å². The standard InChI is InChI=1S/C20H26.2ClH.Zr/c1(3-5-7-13-19-15-9-10-16-19)2-4-6-8-14-20-17-11-12-18-20;;;/h1-2,9,11,15,17H,3-8,10,12-14H2;2*1H;/q-2;;;+4/p-2/b2-1-;;;. The van der Waals surface area contributed by atoms with Crippen molar-refractivity contribution in [2.75, 3.05) is 0 Å². The fourth-order valence-electron chi connectivity index (χ4n) is 2.63. The summed E-state index contributed by atoms with van der Waals surface area (Å²) in [6.07, 6.45) is 32.5. The molecule has 3 heteroatoms. The zero-order valence-corrected chi connectivity index (χ0v) is 17.8. The van der Waals surface area contributed by atoms with Crippen LogP contribution in [0.15, 0.2) is 47.6 Å². The van der Waals surface area contributed by atoms with Gasteiger partial charge in [0.05, 0.1) is 0 Å². The molecule has 0 N–H and O–H groups in total. The number of halogens is 2. The molecule has 0 heterocycles. The molecule has 0 saturated carbocycles. The molecule has 0 aromatic heterocycles. The van der Waals surface area contributed by atoms with Gasteiger partial charge in [-0.25, -0.2) is 23.3 Å². The summed E-state index contributed by atoms with van der Waals surface area (Å²) in [5, 5.41) is 0. The summed E-state index contributed by atoms with van der Waals surface area (Å²) >= 11 is 0. The largest absolute Gasteiger partial charge is 4.00 e. The van der Waals surface area contributed by atoms with Crippen molar-refractivity contribution < 1.29 is 51.0 Å². The van der Waals surface area contributed by atoms with Gasteiger partial charge in [-0.05, 0) is 25.7 Å². The number of allylic oxidation sites excluding steroid dienone is 10. The zero-order chi connectivity index (χ0) is 13.9. The van der Waals surface area contributed by atoms with E-state index < -0.39 is 0 Å². The first-order valence-corrected chi connectivity index (χ1v) is 8.12. The maximum atomic E-state index is 3.38. The Bertz CT molecular complexity index is 391. The van der Waals surface area contributed by atoms with Crippen molar-refractivity contribution in [1.82, 2.24) is 0 Å². The van der Waals surface area contributed by atoms with Crippen LogP contribution in [-0.2, 0) is 26.2 Å². The van der Waals surface area contributed by atoms with E-state index in [0.717, 1.165) is 12.8 Å². The molecule has 0 aromatic rings. The summed E-state index contributed by atoms with van der Waals surface area (Å²) in [6.45, 7) is 0. The van der Waals surface area contributed by atoms with E-state index in [9.17, 15) is 0 Å². The van der Waals surface area contributed by atoms with Crippen molar-refractivity contribution >= 4 is 0 Å². The van der Waals surface area contributed by atoms with E-state index in [2.05, 4.69) is 48.6 Å². The van der Waals surface area contributed by atoms with Gasteiger partial charge in [0, 0.05) is 0 Å². The topological polar surface area (TPSA) is 0 Å². The molecule has 124 valence electrons. The van der Waals surface area contributed by atoms with Crippen LogP contribution in [0.3, 0.4) is 0 Å². The quantitative estimate of drug-likeness (QED) is 0.262. The van der Waals surface area contributed by atoms with Crippen LogP contribution in [0.2, 0.25) is 0 Å². The van der Waals surface area contributed by atoms with Crippen molar-refractivity contribution in [2.45, 2.75) is 64.2 Å². The van der Waals surface area contributed by atoms with E-state index in [0.29, 0.717) is 0 Å². The van der Waals surface area contributed by atoms with Crippen LogP contribution in [-0.4, -0.2) is 0 Å². The Morgan fingerprint density at radius 1 is 0.739 bits per heavy atom. The van der Waals surface area contributed by atoms with Crippen LogP contribution in [0.5, 0.6) is 0 Å². The van der Waals surface area contributed by atoms with Crippen molar-refractivity contribution in [3.63, 3.8) is 0 Å². The second-order valence-electron chi connectivity index (χ2n) is 5.58. The van der Waals surface area contributed by atoms with Crippen molar-refractivity contribution in [3.05, 3.63) is 59.8 Å². The van der Waals surface area contributed by atoms with E-state index in [-0.39, 0.29) is 51.0 Å². The van der Waals surface area contributed by atoms with Gasteiger partial charge in [0.25, 0.3) is 0 Å². The third kappa shape index (κ3) is 12.2. The molecule has 2 rings (SSSR count). The second kappa shape index (κ2) is 17.0. The van der Waals surface area contributed by atoms with Crippen LogP contribution >= 0.6 is 0 Å². The van der Waals surface area contributed by atoms with Crippen LogP contribution in [0, 0.1) is 12.2 Å². The molecule has 0 bridgehead atoms. The SMILES string of the molecule is [C-]1=C(CCCC/C=C\CCCCC2=[C-]CC=C2)C=CC1.[Cl-].[Cl-].[Zr+4]. The first kappa shape index (κ1) is 25.4. The van der Waals surface area contributed by atoms with Crippen LogP contribution in [0.1, 0.15) is 64.2 Å². The average Bonchev–Trinajstić information content (AvgIpc) is 3.14. The van der Waals surface area contributed by atoms with Crippen molar-refractivity contribution in [1.29, 1.82) is 0 Å². The minimum atomic E-state index is 0. The summed E-state index contributed by atoms with van der Waals surface area (Å²) in [5.41, 5.74) is 2.84. The Hall–Kier alpha value is 0.163. The maximum Gasteiger partial charge on any atom is 4.00 e. The monoisotopic (exact) mass is 426 g/mol. The van der Waals surface area contributed by atoms with Crippen LogP contribution in [0.4, 0.5) is 0 Å². The molecule has 0 aromatic carbocycles. The third-order valence-electron chi connectivity index (χ3n) is 3.83. The molecular formula is C20H26Cl2Zr. The number of hydrogen-bond acceptors (Lipinski definition) is 0. The molecule has 2 aliphatic rings. The summed E-state index contributed by atoms with van der Waals surface area (Å²) in [7, 11) is 0. The van der Waals surface area contributed by atoms with E-state index in [1.54, 1.807) is 0 Å². The molecule has 0 atom stereocenters. The van der Waals surface area contributed by atoms with Gasteiger partial charge in [-0.3, -0.25) is 12.2 Å². The number of hydrogen-bond donors (Lipinski definition) is 0. The Balaban J connectivity index is 0. The van der Waals surface area contributed by atoms with Gasteiger partial charge in [-0.2, -0.15) is 12.2 Å². The zero-order valence-electron chi connectivity index (χ0n) is 13.8. The van der Waals surface area contributed by atoms with Gasteiger partial charge < -0.3 is 24.8 Å². The molecule has 0 unspecified atom stereocenters. The van der Waals surface area contributed by atoms with Gasteiger partial charge in [-0.15, -0.1) is 12.8 Å². The molecule has 0 amide bonds. The Morgan fingerprint density at radius 2 is 1.17 bits per heavy atom. The van der Waals surface area contributed by atoms with Crippen molar-refractivity contribution in [2.24, 2.45) is 0 Å². The molecule has 0 fully saturated rings. The first-order chi connectivity index (χ1) is 9.95. The van der Waals surface area contributed by atoms with Crippen molar-refractivity contribution in [3.8, 4) is 0 Å². The van der Waals surface area contributed by atoms with Crippen LogP contribution in [0.25, 0.3) is 0 Å². The first-order valence-electron chi connectivity index (χ1n) is 8.12.